The van der Waals surface area contributed by atoms with Crippen LogP contribution in [-0.4, -0.2) is 40.4 Å². The van der Waals surface area contributed by atoms with E-state index in [1.807, 2.05) is 0 Å². The molecule has 0 fully saturated rings. The minimum absolute atomic E-state index is 0.115. The van der Waals surface area contributed by atoms with E-state index < -0.39 is 17.9 Å². The molecule has 1 aliphatic rings. The number of aliphatic carboxylic acids is 1. The van der Waals surface area contributed by atoms with Crippen LogP contribution in [-0.2, 0) is 19.1 Å². The SMILES string of the molecule is CC(=O)C1=C(C)N(CC(=O)OC(C)C)C(C)=C(C(=O)O)C1C. The van der Waals surface area contributed by atoms with Crippen molar-refractivity contribution < 1.29 is 24.2 Å². The Balaban J connectivity index is 3.28. The fourth-order valence-corrected chi connectivity index (χ4v) is 2.88. The average molecular weight is 309 g/mol. The Labute approximate surface area is 130 Å². The van der Waals surface area contributed by atoms with E-state index in [1.54, 1.807) is 39.5 Å². The van der Waals surface area contributed by atoms with Crippen LogP contribution in [0.5, 0.6) is 0 Å². The maximum Gasteiger partial charge on any atom is 0.333 e. The van der Waals surface area contributed by atoms with Gasteiger partial charge in [-0.2, -0.15) is 0 Å². The first-order chi connectivity index (χ1) is 10.1. The minimum Gasteiger partial charge on any atom is -0.478 e. The van der Waals surface area contributed by atoms with Crippen LogP contribution in [0.1, 0.15) is 41.5 Å². The lowest BCUT2D eigenvalue weighted by Crippen LogP contribution is -2.37. The number of ether oxygens (including phenoxy) is 1. The van der Waals surface area contributed by atoms with Crippen molar-refractivity contribution in [2.45, 2.75) is 47.6 Å². The summed E-state index contributed by atoms with van der Waals surface area (Å²) in [5.74, 6) is -2.25. The van der Waals surface area contributed by atoms with Crippen molar-refractivity contribution >= 4 is 17.7 Å². The van der Waals surface area contributed by atoms with Gasteiger partial charge >= 0.3 is 11.9 Å². The summed E-state index contributed by atoms with van der Waals surface area (Å²) >= 11 is 0. The molecule has 1 unspecified atom stereocenters. The molecule has 1 N–H and O–H groups in total. The average Bonchev–Trinajstić information content (AvgIpc) is 2.32. The molecule has 1 heterocycles. The quantitative estimate of drug-likeness (QED) is 0.783. The Hall–Kier alpha value is -2.11. The van der Waals surface area contributed by atoms with Gasteiger partial charge < -0.3 is 14.7 Å². The van der Waals surface area contributed by atoms with Crippen LogP contribution >= 0.6 is 0 Å². The molecule has 1 atom stereocenters. The zero-order chi connectivity index (χ0) is 17.2. The molecule has 0 aliphatic carbocycles. The molecule has 0 spiro atoms. The third-order valence-electron chi connectivity index (χ3n) is 3.72. The summed E-state index contributed by atoms with van der Waals surface area (Å²) in [5, 5.41) is 9.43. The maximum atomic E-state index is 11.9. The number of allylic oxidation sites excluding steroid dienone is 3. The third-order valence-corrected chi connectivity index (χ3v) is 3.72. The fourth-order valence-electron chi connectivity index (χ4n) is 2.88. The highest BCUT2D eigenvalue weighted by Crippen LogP contribution is 2.35. The van der Waals surface area contributed by atoms with Crippen molar-refractivity contribution in [1.29, 1.82) is 0 Å². The predicted molar refractivity (Wildman–Crippen MR) is 80.8 cm³/mol. The molecule has 0 amide bonds. The first kappa shape index (κ1) is 17.9. The zero-order valence-electron chi connectivity index (χ0n) is 13.9. The Morgan fingerprint density at radius 2 is 1.68 bits per heavy atom. The van der Waals surface area contributed by atoms with Crippen LogP contribution in [0.15, 0.2) is 22.5 Å². The number of carboxylic acid groups (broad SMARTS) is 1. The number of carbonyl (C=O) groups is 3. The van der Waals surface area contributed by atoms with E-state index in [4.69, 9.17) is 4.74 Å². The molecule has 0 saturated carbocycles. The van der Waals surface area contributed by atoms with Crippen molar-refractivity contribution in [3.63, 3.8) is 0 Å². The lowest BCUT2D eigenvalue weighted by Gasteiger charge is -2.35. The summed E-state index contributed by atoms with van der Waals surface area (Å²) in [6, 6.07) is 0. The van der Waals surface area contributed by atoms with Crippen molar-refractivity contribution in [2.75, 3.05) is 6.54 Å². The number of hydrogen-bond donors (Lipinski definition) is 1. The molecule has 0 radical (unpaired) electrons. The van der Waals surface area contributed by atoms with Crippen LogP contribution < -0.4 is 0 Å². The number of nitrogens with zero attached hydrogens (tertiary/aromatic N) is 1. The number of hydrogen-bond acceptors (Lipinski definition) is 5. The molecule has 6 nitrogen and oxygen atoms in total. The zero-order valence-corrected chi connectivity index (χ0v) is 13.9. The molecule has 22 heavy (non-hydrogen) atoms. The molecule has 0 saturated heterocycles. The second kappa shape index (κ2) is 6.77. The number of carboxylic acids is 1. The number of Topliss-reactive ketones (excluding diaryl/α,β-unsaturated/α-hetero) is 1. The molecular weight excluding hydrogens is 286 g/mol. The van der Waals surface area contributed by atoms with Crippen molar-refractivity contribution in [2.24, 2.45) is 5.92 Å². The lowest BCUT2D eigenvalue weighted by molar-refractivity contribution is -0.148. The van der Waals surface area contributed by atoms with Gasteiger partial charge in [0.15, 0.2) is 5.78 Å². The number of carbonyl (C=O) groups excluding carboxylic acids is 2. The van der Waals surface area contributed by atoms with Crippen LogP contribution in [0.3, 0.4) is 0 Å². The van der Waals surface area contributed by atoms with E-state index >= 15 is 0 Å². The van der Waals surface area contributed by atoms with Gasteiger partial charge in [-0.25, -0.2) is 4.79 Å². The second-order valence-corrected chi connectivity index (χ2v) is 5.71. The Morgan fingerprint density at radius 1 is 1.18 bits per heavy atom. The summed E-state index contributed by atoms with van der Waals surface area (Å²) in [6.07, 6.45) is -0.254. The Morgan fingerprint density at radius 3 is 2.09 bits per heavy atom. The van der Waals surface area contributed by atoms with E-state index in [0.717, 1.165) is 0 Å². The molecule has 122 valence electrons. The minimum atomic E-state index is -1.08. The summed E-state index contributed by atoms with van der Waals surface area (Å²) in [6.45, 7) is 9.82. The van der Waals surface area contributed by atoms with Gasteiger partial charge in [0.2, 0.25) is 0 Å². The van der Waals surface area contributed by atoms with Gasteiger partial charge in [-0.3, -0.25) is 9.59 Å². The molecule has 1 rings (SSSR count). The topological polar surface area (TPSA) is 83.9 Å². The van der Waals surface area contributed by atoms with Crippen LogP contribution in [0.4, 0.5) is 0 Å². The number of ketones is 1. The third kappa shape index (κ3) is 3.55. The molecule has 0 aromatic heterocycles. The maximum absolute atomic E-state index is 11.9. The number of esters is 1. The van der Waals surface area contributed by atoms with E-state index in [0.29, 0.717) is 17.0 Å². The van der Waals surface area contributed by atoms with Gasteiger partial charge in [-0.15, -0.1) is 0 Å². The van der Waals surface area contributed by atoms with Gasteiger partial charge in [-0.05, 0) is 34.6 Å². The molecule has 0 bridgehead atoms. The van der Waals surface area contributed by atoms with Gasteiger partial charge in [0.05, 0.1) is 11.7 Å². The monoisotopic (exact) mass is 309 g/mol. The fraction of sp³-hybridized carbons (Fsp3) is 0.562. The summed E-state index contributed by atoms with van der Waals surface area (Å²) in [4.78, 5) is 36.9. The first-order valence-electron chi connectivity index (χ1n) is 7.20. The summed E-state index contributed by atoms with van der Waals surface area (Å²) in [5.41, 5.74) is 1.61. The van der Waals surface area contributed by atoms with Crippen molar-refractivity contribution in [3.8, 4) is 0 Å². The highest BCUT2D eigenvalue weighted by molar-refractivity contribution is 5.99. The smallest absolute Gasteiger partial charge is 0.333 e. The normalized spacial score (nSPS) is 18.9. The molecule has 6 heteroatoms. The largest absolute Gasteiger partial charge is 0.478 e. The van der Waals surface area contributed by atoms with Crippen LogP contribution in [0, 0.1) is 5.92 Å². The van der Waals surface area contributed by atoms with E-state index in [9.17, 15) is 19.5 Å². The first-order valence-corrected chi connectivity index (χ1v) is 7.20. The van der Waals surface area contributed by atoms with E-state index in [-0.39, 0.29) is 24.0 Å². The van der Waals surface area contributed by atoms with E-state index in [1.165, 1.54) is 6.92 Å². The highest BCUT2D eigenvalue weighted by Gasteiger charge is 2.35. The van der Waals surface area contributed by atoms with Gasteiger partial charge in [-0.1, -0.05) is 6.92 Å². The molecule has 0 aromatic carbocycles. The molecule has 0 aromatic rings. The Kier molecular flexibility index (Phi) is 5.52. The number of rotatable bonds is 5. The van der Waals surface area contributed by atoms with Crippen LogP contribution in [0.2, 0.25) is 0 Å². The van der Waals surface area contributed by atoms with Gasteiger partial charge in [0, 0.05) is 22.9 Å². The highest BCUT2D eigenvalue weighted by atomic mass is 16.5. The van der Waals surface area contributed by atoms with Crippen LogP contribution in [0.25, 0.3) is 0 Å². The standard InChI is InChI=1S/C16H23NO5/c1-8(2)22-13(19)7-17-10(4)14(12(6)18)9(3)15(11(17)5)16(20)21/h8-9H,7H2,1-6H3,(H,20,21). The van der Waals surface area contributed by atoms with E-state index in [2.05, 4.69) is 0 Å². The Bertz CT molecular complexity index is 533. The summed E-state index contributed by atoms with van der Waals surface area (Å²) in [7, 11) is 0. The molecule has 1 aliphatic heterocycles. The van der Waals surface area contributed by atoms with Gasteiger partial charge in [0.25, 0.3) is 0 Å². The van der Waals surface area contributed by atoms with Gasteiger partial charge in [0.1, 0.15) is 6.54 Å². The second-order valence-electron chi connectivity index (χ2n) is 5.71. The summed E-state index contributed by atoms with van der Waals surface area (Å²) < 4.78 is 5.11. The molecular formula is C16H23NO5. The predicted octanol–water partition coefficient (Wildman–Crippen LogP) is 2.11. The van der Waals surface area contributed by atoms with Crippen molar-refractivity contribution in [1.82, 2.24) is 4.90 Å². The van der Waals surface area contributed by atoms with Crippen molar-refractivity contribution in [3.05, 3.63) is 22.5 Å². The lowest BCUT2D eigenvalue weighted by atomic mass is 9.84.